The standard InChI is InChI=1S/HI.K.HNO2/c;;2-1-3/h1H;;(H,2,3)/q;+1;/p-1. The molecule has 0 aromatic carbocycles. The molecule has 0 radical (unpaired) electrons. The first-order valence-electron chi connectivity index (χ1n) is 0.383. The Bertz CT molecular complexity index is 17.1. The van der Waals surface area contributed by atoms with Gasteiger partial charge in [0.1, 0.15) is 0 Å². The van der Waals surface area contributed by atoms with Gasteiger partial charge in [0.05, 0.1) is 0 Å². The molecule has 0 aliphatic rings. The number of hydrogen-bond donors (Lipinski definition) is 1. The van der Waals surface area contributed by atoms with Crippen LogP contribution in [-0.2, 0) is 0 Å². The van der Waals surface area contributed by atoms with Gasteiger partial charge in [0.25, 0.3) is 0 Å². The Labute approximate surface area is 88.9 Å². The van der Waals surface area contributed by atoms with Crippen LogP contribution in [0.4, 0.5) is 0 Å². The van der Waals surface area contributed by atoms with Gasteiger partial charge in [-0.05, 0) is 0 Å². The van der Waals surface area contributed by atoms with Crippen LogP contribution in [0.5, 0.6) is 0 Å². The fraction of sp³-hybridized carbons (Fsp3) is 0. The Morgan fingerprint density at radius 2 is 1.60 bits per heavy atom. The maximum absolute atomic E-state index is 8.11. The van der Waals surface area contributed by atoms with E-state index in [9.17, 15) is 0 Å². The molecule has 0 saturated carbocycles. The summed E-state index contributed by atoms with van der Waals surface area (Å²) in [6, 6.07) is 0. The van der Waals surface area contributed by atoms with Crippen LogP contribution in [0.1, 0.15) is 0 Å². The second-order valence-electron chi connectivity index (χ2n) is 0.0816. The molecular weight excluding hydrogens is 212 g/mol. The van der Waals surface area contributed by atoms with E-state index in [1.807, 2.05) is 0 Å². The molecule has 0 aliphatic heterocycles. The second-order valence-corrected chi connectivity index (χ2v) is 0.0816. The summed E-state index contributed by atoms with van der Waals surface area (Å²) in [6.45, 7) is 0. The molecule has 0 fully saturated rings. The number of hydrogen-bond acceptors (Lipinski definition) is 2. The van der Waals surface area contributed by atoms with Crippen molar-refractivity contribution in [3.8, 4) is 0 Å². The van der Waals surface area contributed by atoms with Crippen molar-refractivity contribution in [2.24, 2.45) is 5.34 Å². The maximum Gasteiger partial charge on any atom is 1.00 e. The normalized spacial score (nSPS) is 2.40. The Balaban J connectivity index is -0.0000000200. The van der Waals surface area contributed by atoms with Crippen molar-refractivity contribution >= 4 is 0 Å². The molecule has 0 aromatic heterocycles. The molecule has 0 spiro atoms. The summed E-state index contributed by atoms with van der Waals surface area (Å²) < 4.78 is 0. The summed E-state index contributed by atoms with van der Waals surface area (Å²) in [4.78, 5) is 8.11. The first-order chi connectivity index (χ1) is 1.41. The number of rotatable bonds is 0. The van der Waals surface area contributed by atoms with Gasteiger partial charge in [0.2, 0.25) is 0 Å². The molecule has 0 rings (SSSR count). The average Bonchev–Trinajstić information content (AvgIpc) is 0.918. The van der Waals surface area contributed by atoms with Gasteiger partial charge in [-0.2, -0.15) is 0 Å². The van der Waals surface area contributed by atoms with Gasteiger partial charge < -0.3 is 29.2 Å². The predicted molar refractivity (Wildman–Crippen MR) is 7.58 cm³/mol. The molecule has 0 saturated heterocycles. The largest absolute Gasteiger partial charge is 1.00 e. The summed E-state index contributed by atoms with van der Waals surface area (Å²) >= 11 is 0. The topological polar surface area (TPSA) is 49.7 Å². The molecule has 0 bridgehead atoms. The fourth-order valence-corrected chi connectivity index (χ4v) is 0. The molecular formula is HIKNO2. The van der Waals surface area contributed by atoms with Crippen LogP contribution < -0.4 is 75.4 Å². The Kier molecular flexibility index (Phi) is 54.3. The summed E-state index contributed by atoms with van der Waals surface area (Å²) in [5.74, 6) is 0. The SMILES string of the molecule is O=NO.[I-].[K+]. The van der Waals surface area contributed by atoms with Crippen molar-refractivity contribution in [2.75, 3.05) is 0 Å². The molecule has 0 aromatic rings. The van der Waals surface area contributed by atoms with Crippen molar-refractivity contribution in [3.63, 3.8) is 0 Å². The fourth-order valence-electron chi connectivity index (χ4n) is 0. The van der Waals surface area contributed by atoms with E-state index < -0.39 is 0 Å². The van der Waals surface area contributed by atoms with Crippen molar-refractivity contribution in [1.82, 2.24) is 0 Å². The Hall–Kier alpha value is 1.77. The minimum atomic E-state index is 0. The smallest absolute Gasteiger partial charge is 1.00 e. The van der Waals surface area contributed by atoms with Crippen molar-refractivity contribution in [2.45, 2.75) is 0 Å². The van der Waals surface area contributed by atoms with Gasteiger partial charge in [-0.3, -0.25) is 0 Å². The average molecular weight is 213 g/mol. The zero-order chi connectivity index (χ0) is 2.71. The van der Waals surface area contributed by atoms with Gasteiger partial charge in [-0.15, -0.1) is 4.91 Å². The number of halogens is 1. The van der Waals surface area contributed by atoms with Crippen molar-refractivity contribution < 1.29 is 80.6 Å². The minimum Gasteiger partial charge on any atom is -1.00 e. The third-order valence-electron chi connectivity index (χ3n) is 0. The van der Waals surface area contributed by atoms with Crippen molar-refractivity contribution in [1.29, 1.82) is 0 Å². The Morgan fingerprint density at radius 3 is 1.60 bits per heavy atom. The van der Waals surface area contributed by atoms with E-state index in [1.54, 1.807) is 0 Å². The Morgan fingerprint density at radius 1 is 1.60 bits per heavy atom. The van der Waals surface area contributed by atoms with Crippen LogP contribution in [0.15, 0.2) is 5.34 Å². The van der Waals surface area contributed by atoms with E-state index in [-0.39, 0.29) is 75.4 Å². The summed E-state index contributed by atoms with van der Waals surface area (Å²) in [5, 5.41) is 7.89. The summed E-state index contributed by atoms with van der Waals surface area (Å²) in [6.07, 6.45) is 0. The van der Waals surface area contributed by atoms with Crippen LogP contribution in [0.25, 0.3) is 0 Å². The molecule has 0 amide bonds. The van der Waals surface area contributed by atoms with E-state index in [0.717, 1.165) is 0 Å². The summed E-state index contributed by atoms with van der Waals surface area (Å²) in [5.41, 5.74) is 0. The van der Waals surface area contributed by atoms with E-state index in [2.05, 4.69) is 0 Å². The van der Waals surface area contributed by atoms with E-state index in [1.165, 1.54) is 5.34 Å². The van der Waals surface area contributed by atoms with Gasteiger partial charge in [0.15, 0.2) is 5.34 Å². The monoisotopic (exact) mass is 213 g/mol. The number of nitrogens with zero attached hydrogens (tertiary/aromatic N) is 1. The van der Waals surface area contributed by atoms with Gasteiger partial charge >= 0.3 is 51.4 Å². The third kappa shape index (κ3) is 26.2. The zero-order valence-corrected chi connectivity index (χ0v) is 7.96. The molecule has 0 heterocycles. The van der Waals surface area contributed by atoms with Gasteiger partial charge in [-0.1, -0.05) is 0 Å². The van der Waals surface area contributed by atoms with Crippen molar-refractivity contribution in [3.05, 3.63) is 4.91 Å². The van der Waals surface area contributed by atoms with Crippen LogP contribution >= 0.6 is 0 Å². The molecule has 0 atom stereocenters. The molecule has 1 N–H and O–H groups in total. The minimum absolute atomic E-state index is 0. The van der Waals surface area contributed by atoms with Gasteiger partial charge in [0, 0.05) is 0 Å². The van der Waals surface area contributed by atoms with Crippen LogP contribution in [0.2, 0.25) is 0 Å². The third-order valence-corrected chi connectivity index (χ3v) is 0. The molecule has 0 unspecified atom stereocenters. The van der Waals surface area contributed by atoms with Crippen LogP contribution in [0, 0.1) is 4.91 Å². The first kappa shape index (κ1) is 15.9. The van der Waals surface area contributed by atoms with Crippen LogP contribution in [0.3, 0.4) is 0 Å². The van der Waals surface area contributed by atoms with E-state index in [4.69, 9.17) is 10.1 Å². The first-order valence-corrected chi connectivity index (χ1v) is 0.383. The van der Waals surface area contributed by atoms with E-state index in [0.29, 0.717) is 0 Å². The molecule has 0 aliphatic carbocycles. The molecule has 26 valence electrons. The molecule has 3 nitrogen and oxygen atoms in total. The maximum atomic E-state index is 8.11. The quantitative estimate of drug-likeness (QED) is 0.188. The van der Waals surface area contributed by atoms with Gasteiger partial charge in [-0.25, -0.2) is 0 Å². The predicted octanol–water partition coefficient (Wildman–Crippen LogP) is -5.85. The zero-order valence-electron chi connectivity index (χ0n) is 2.68. The second kappa shape index (κ2) is 17.1. The van der Waals surface area contributed by atoms with E-state index >= 15 is 0 Å². The van der Waals surface area contributed by atoms with Crippen LogP contribution in [-0.4, -0.2) is 5.21 Å². The molecule has 5 heteroatoms. The summed E-state index contributed by atoms with van der Waals surface area (Å²) in [7, 11) is 0. The molecule has 5 heavy (non-hydrogen) atoms.